The topological polar surface area (TPSA) is 18.5 Å². The summed E-state index contributed by atoms with van der Waals surface area (Å²) in [5.41, 5.74) is 0. The van der Waals surface area contributed by atoms with Gasteiger partial charge in [0.25, 0.3) is 0 Å². The molecule has 2 fully saturated rings. The van der Waals surface area contributed by atoms with Crippen LogP contribution in [0.3, 0.4) is 0 Å². The van der Waals surface area contributed by atoms with E-state index < -0.39 is 0 Å². The van der Waals surface area contributed by atoms with Crippen molar-refractivity contribution in [3.05, 3.63) is 0 Å². The summed E-state index contributed by atoms with van der Waals surface area (Å²) in [5, 5.41) is 4.33. The van der Waals surface area contributed by atoms with E-state index in [0.29, 0.717) is 0 Å². The van der Waals surface area contributed by atoms with Crippen molar-refractivity contribution in [3.63, 3.8) is 0 Å². The van der Waals surface area contributed by atoms with Gasteiger partial charge in [-0.05, 0) is 19.7 Å². The number of nitrogens with zero attached hydrogens (tertiary/aromatic N) is 2. The Hall–Kier alpha value is 0.230. The van der Waals surface area contributed by atoms with Gasteiger partial charge in [0.15, 0.2) is 0 Å². The lowest BCUT2D eigenvalue weighted by Crippen LogP contribution is -2.56. The third-order valence-electron chi connectivity index (χ3n) is 4.10. The fourth-order valence-electron chi connectivity index (χ4n) is 3.04. The normalized spacial score (nSPS) is 38.1. The molecular weight excluding hydrogens is 218 g/mol. The van der Waals surface area contributed by atoms with E-state index in [4.69, 9.17) is 0 Å². The molecule has 3 unspecified atom stereocenters. The largest absolute Gasteiger partial charge is 0.314 e. The van der Waals surface area contributed by atoms with Crippen molar-refractivity contribution < 1.29 is 0 Å². The zero-order valence-electron chi connectivity index (χ0n) is 10.8. The van der Waals surface area contributed by atoms with Crippen molar-refractivity contribution >= 4 is 11.8 Å². The molecule has 2 aliphatic heterocycles. The maximum Gasteiger partial charge on any atom is 0.0352 e. The molecule has 0 bridgehead atoms. The van der Waals surface area contributed by atoms with Gasteiger partial charge in [0, 0.05) is 50.1 Å². The molecule has 1 N–H and O–H groups in total. The van der Waals surface area contributed by atoms with Crippen LogP contribution >= 0.6 is 11.8 Å². The van der Waals surface area contributed by atoms with Crippen LogP contribution in [-0.2, 0) is 0 Å². The van der Waals surface area contributed by atoms with Gasteiger partial charge >= 0.3 is 0 Å². The second kappa shape index (κ2) is 5.71. The molecule has 0 aromatic heterocycles. The highest BCUT2D eigenvalue weighted by molar-refractivity contribution is 7.99. The monoisotopic (exact) mass is 243 g/mol. The molecule has 2 saturated heterocycles. The van der Waals surface area contributed by atoms with Crippen LogP contribution in [0.5, 0.6) is 0 Å². The van der Waals surface area contributed by atoms with Gasteiger partial charge in [-0.1, -0.05) is 6.92 Å². The SMILES string of the molecule is CCN1CCN(C2CNCC2SC)CC1C. The summed E-state index contributed by atoms with van der Waals surface area (Å²) < 4.78 is 0. The Bertz CT molecular complexity index is 224. The highest BCUT2D eigenvalue weighted by Gasteiger charge is 2.34. The molecule has 0 spiro atoms. The number of nitrogens with one attached hydrogen (secondary N) is 1. The first-order valence-corrected chi connectivity index (χ1v) is 7.76. The van der Waals surface area contributed by atoms with Gasteiger partial charge in [-0.15, -0.1) is 0 Å². The first kappa shape index (κ1) is 12.7. The van der Waals surface area contributed by atoms with Crippen molar-refractivity contribution in [2.24, 2.45) is 0 Å². The molecule has 3 nitrogen and oxygen atoms in total. The van der Waals surface area contributed by atoms with Gasteiger partial charge in [-0.25, -0.2) is 0 Å². The number of rotatable bonds is 3. The summed E-state index contributed by atoms with van der Waals surface area (Å²) in [6.45, 7) is 12.0. The Morgan fingerprint density at radius 1 is 1.31 bits per heavy atom. The van der Waals surface area contributed by atoms with E-state index in [1.54, 1.807) is 0 Å². The second-order valence-electron chi connectivity index (χ2n) is 4.97. The summed E-state index contributed by atoms with van der Waals surface area (Å²) in [6.07, 6.45) is 2.25. The lowest BCUT2D eigenvalue weighted by Gasteiger charge is -2.43. The minimum atomic E-state index is 0.724. The molecule has 0 amide bonds. The molecule has 2 rings (SSSR count). The molecule has 3 atom stereocenters. The number of thioether (sulfide) groups is 1. The molecule has 16 heavy (non-hydrogen) atoms. The van der Waals surface area contributed by atoms with E-state index in [-0.39, 0.29) is 0 Å². The Labute approximate surface area is 104 Å². The molecule has 2 heterocycles. The lowest BCUT2D eigenvalue weighted by molar-refractivity contribution is 0.0654. The van der Waals surface area contributed by atoms with E-state index in [1.807, 2.05) is 11.8 Å². The maximum absolute atomic E-state index is 3.53. The van der Waals surface area contributed by atoms with E-state index >= 15 is 0 Å². The first-order chi connectivity index (χ1) is 7.76. The van der Waals surface area contributed by atoms with Gasteiger partial charge in [0.2, 0.25) is 0 Å². The minimum Gasteiger partial charge on any atom is -0.314 e. The lowest BCUT2D eigenvalue weighted by atomic mass is 10.1. The van der Waals surface area contributed by atoms with Crippen molar-refractivity contribution in [1.29, 1.82) is 0 Å². The predicted molar refractivity (Wildman–Crippen MR) is 72.2 cm³/mol. The predicted octanol–water partition coefficient (Wildman–Crippen LogP) is 0.716. The van der Waals surface area contributed by atoms with Crippen LogP contribution in [0.4, 0.5) is 0 Å². The molecule has 2 aliphatic rings. The van der Waals surface area contributed by atoms with Gasteiger partial charge in [0.1, 0.15) is 0 Å². The summed E-state index contributed by atoms with van der Waals surface area (Å²) in [4.78, 5) is 5.30. The minimum absolute atomic E-state index is 0.724. The quantitative estimate of drug-likeness (QED) is 0.787. The number of likely N-dealkylation sites (N-methyl/N-ethyl adjacent to an activating group) is 1. The molecule has 0 saturated carbocycles. The number of hydrogen-bond acceptors (Lipinski definition) is 4. The van der Waals surface area contributed by atoms with Gasteiger partial charge in [-0.3, -0.25) is 9.80 Å². The van der Waals surface area contributed by atoms with Crippen LogP contribution in [0.15, 0.2) is 0 Å². The van der Waals surface area contributed by atoms with Crippen LogP contribution in [0, 0.1) is 0 Å². The number of hydrogen-bond donors (Lipinski definition) is 1. The van der Waals surface area contributed by atoms with Gasteiger partial charge in [0.05, 0.1) is 0 Å². The molecule has 0 aromatic carbocycles. The highest BCUT2D eigenvalue weighted by atomic mass is 32.2. The molecule has 0 radical (unpaired) electrons. The second-order valence-corrected chi connectivity index (χ2v) is 6.05. The first-order valence-electron chi connectivity index (χ1n) is 6.47. The Kier molecular flexibility index (Phi) is 4.53. The van der Waals surface area contributed by atoms with Crippen molar-refractivity contribution in [3.8, 4) is 0 Å². The van der Waals surface area contributed by atoms with E-state index in [9.17, 15) is 0 Å². The Morgan fingerprint density at radius 3 is 2.75 bits per heavy atom. The average Bonchev–Trinajstić information content (AvgIpc) is 2.77. The van der Waals surface area contributed by atoms with E-state index in [2.05, 4.69) is 35.2 Å². The van der Waals surface area contributed by atoms with E-state index in [0.717, 1.165) is 17.3 Å². The number of piperazine rings is 1. The molecule has 94 valence electrons. The third kappa shape index (κ3) is 2.55. The zero-order chi connectivity index (χ0) is 11.5. The van der Waals surface area contributed by atoms with E-state index in [1.165, 1.54) is 39.3 Å². The summed E-state index contributed by atoms with van der Waals surface area (Å²) in [5.74, 6) is 0. The van der Waals surface area contributed by atoms with Crippen LogP contribution < -0.4 is 5.32 Å². The highest BCUT2D eigenvalue weighted by Crippen LogP contribution is 2.22. The standard InChI is InChI=1S/C12H25N3S/c1-4-14-5-6-15(9-10(14)2)11-7-13-8-12(11)16-3/h10-13H,4-9H2,1-3H3. The molecular formula is C12H25N3S. The zero-order valence-corrected chi connectivity index (χ0v) is 11.6. The summed E-state index contributed by atoms with van der Waals surface area (Å²) >= 11 is 2.02. The summed E-state index contributed by atoms with van der Waals surface area (Å²) in [6, 6.07) is 1.48. The molecule has 4 heteroatoms. The van der Waals surface area contributed by atoms with Crippen LogP contribution in [-0.4, -0.2) is 72.7 Å². The maximum atomic E-state index is 3.53. The van der Waals surface area contributed by atoms with Gasteiger partial charge in [-0.2, -0.15) is 11.8 Å². The Morgan fingerprint density at radius 2 is 2.12 bits per heavy atom. The Balaban J connectivity index is 1.91. The van der Waals surface area contributed by atoms with Crippen LogP contribution in [0.2, 0.25) is 0 Å². The molecule has 0 aliphatic carbocycles. The average molecular weight is 243 g/mol. The van der Waals surface area contributed by atoms with Crippen molar-refractivity contribution in [2.45, 2.75) is 31.2 Å². The van der Waals surface area contributed by atoms with Crippen LogP contribution in [0.1, 0.15) is 13.8 Å². The molecule has 0 aromatic rings. The van der Waals surface area contributed by atoms with Crippen molar-refractivity contribution in [1.82, 2.24) is 15.1 Å². The smallest absolute Gasteiger partial charge is 0.0352 e. The fourth-order valence-corrected chi connectivity index (χ4v) is 3.91. The third-order valence-corrected chi connectivity index (χ3v) is 5.19. The van der Waals surface area contributed by atoms with Crippen LogP contribution in [0.25, 0.3) is 0 Å². The van der Waals surface area contributed by atoms with Crippen molar-refractivity contribution in [2.75, 3.05) is 45.5 Å². The van der Waals surface area contributed by atoms with Gasteiger partial charge < -0.3 is 5.32 Å². The summed E-state index contributed by atoms with van der Waals surface area (Å²) in [7, 11) is 0. The fraction of sp³-hybridized carbons (Fsp3) is 1.00.